The van der Waals surface area contributed by atoms with Crippen LogP contribution in [0.2, 0.25) is 0 Å². The molecule has 0 N–H and O–H groups in total. The van der Waals surface area contributed by atoms with Crippen LogP contribution in [0.3, 0.4) is 0 Å². The number of hydrogen-bond acceptors (Lipinski definition) is 0. The van der Waals surface area contributed by atoms with Gasteiger partial charge in [-0.15, -0.1) is 0 Å². The maximum absolute atomic E-state index is 2.23. The molecule has 0 radical (unpaired) electrons. The molecule has 0 rings (SSSR count). The zero-order valence-corrected chi connectivity index (χ0v) is 10.2. The normalized spacial score (nSPS) is 12.9. The Kier molecular flexibility index (Phi) is 12.1. The summed E-state index contributed by atoms with van der Waals surface area (Å²) in [5.74, 6) is 0. The molecule has 15 heavy (non-hydrogen) atoms. The third kappa shape index (κ3) is 13.0. The molecule has 0 heterocycles. The molecule has 0 amide bonds. The van der Waals surface area contributed by atoms with Crippen molar-refractivity contribution in [2.45, 2.75) is 46.0 Å². The minimum atomic E-state index is 1.17. The minimum Gasteiger partial charge on any atom is -0.0917 e. The van der Waals surface area contributed by atoms with E-state index < -0.39 is 0 Å². The van der Waals surface area contributed by atoms with Crippen molar-refractivity contribution < 1.29 is 0 Å². The molecule has 0 aliphatic heterocycles. The molecular weight excluding hydrogens is 180 g/mol. The van der Waals surface area contributed by atoms with E-state index in [4.69, 9.17) is 0 Å². The Bertz CT molecular complexity index is 216. The summed E-state index contributed by atoms with van der Waals surface area (Å²) in [7, 11) is 0. The van der Waals surface area contributed by atoms with Crippen LogP contribution in [-0.2, 0) is 0 Å². The molecule has 0 aromatic heterocycles. The highest BCUT2D eigenvalue weighted by Gasteiger charge is 1.77. The van der Waals surface area contributed by atoms with Crippen LogP contribution in [0, 0.1) is 0 Å². The third-order valence-corrected chi connectivity index (χ3v) is 2.04. The molecule has 84 valence electrons. The molecule has 0 aromatic carbocycles. The van der Waals surface area contributed by atoms with Gasteiger partial charge in [0.1, 0.15) is 0 Å². The molecule has 0 atom stereocenters. The topological polar surface area (TPSA) is 0 Å². The van der Waals surface area contributed by atoms with Crippen molar-refractivity contribution in [3.63, 3.8) is 0 Å². The van der Waals surface area contributed by atoms with E-state index in [1.54, 1.807) is 0 Å². The molecular formula is C15H24. The Morgan fingerprint density at radius 2 is 1.33 bits per heavy atom. The molecule has 0 bridgehead atoms. The van der Waals surface area contributed by atoms with Gasteiger partial charge in [0.25, 0.3) is 0 Å². The van der Waals surface area contributed by atoms with Crippen LogP contribution in [-0.4, -0.2) is 0 Å². The Hall–Kier alpha value is -1.04. The van der Waals surface area contributed by atoms with Gasteiger partial charge in [-0.2, -0.15) is 0 Å². The zero-order chi connectivity index (χ0) is 11.2. The largest absolute Gasteiger partial charge is 0.0917 e. The second kappa shape index (κ2) is 13.0. The zero-order valence-electron chi connectivity index (χ0n) is 10.2. The summed E-state index contributed by atoms with van der Waals surface area (Å²) in [6, 6.07) is 0. The maximum atomic E-state index is 2.23. The summed E-state index contributed by atoms with van der Waals surface area (Å²) < 4.78 is 0. The smallest absolute Gasteiger partial charge is 0.0345 e. The van der Waals surface area contributed by atoms with Crippen molar-refractivity contribution in [2.75, 3.05) is 0 Å². The van der Waals surface area contributed by atoms with Crippen molar-refractivity contribution in [1.29, 1.82) is 0 Å². The van der Waals surface area contributed by atoms with Crippen LogP contribution >= 0.6 is 0 Å². The summed E-state index contributed by atoms with van der Waals surface area (Å²) in [6.07, 6.45) is 23.2. The first kappa shape index (κ1) is 14.0. The number of hydrogen-bond donors (Lipinski definition) is 0. The Balaban J connectivity index is 3.37. The van der Waals surface area contributed by atoms with E-state index in [2.05, 4.69) is 62.5 Å². The average molecular weight is 204 g/mol. The van der Waals surface area contributed by atoms with E-state index in [0.717, 1.165) is 0 Å². The number of rotatable bonds is 8. The first-order chi connectivity index (χ1) is 7.41. The molecule has 0 unspecified atom stereocenters. The van der Waals surface area contributed by atoms with Gasteiger partial charge in [0.15, 0.2) is 0 Å². The fraction of sp³-hybridized carbons (Fsp3) is 0.467. The third-order valence-electron chi connectivity index (χ3n) is 2.04. The van der Waals surface area contributed by atoms with Crippen LogP contribution in [0.5, 0.6) is 0 Å². The van der Waals surface area contributed by atoms with Gasteiger partial charge in [-0.05, 0) is 32.6 Å². The van der Waals surface area contributed by atoms with Crippen molar-refractivity contribution in [3.8, 4) is 0 Å². The molecule has 0 fully saturated rings. The predicted octanol–water partition coefficient (Wildman–Crippen LogP) is 5.20. The van der Waals surface area contributed by atoms with Gasteiger partial charge < -0.3 is 0 Å². The van der Waals surface area contributed by atoms with E-state index in [-0.39, 0.29) is 0 Å². The quantitative estimate of drug-likeness (QED) is 0.289. The van der Waals surface area contributed by atoms with Gasteiger partial charge in [-0.3, -0.25) is 0 Å². The second-order valence-corrected chi connectivity index (χ2v) is 3.53. The van der Waals surface area contributed by atoms with Crippen LogP contribution in [0.4, 0.5) is 0 Å². The summed E-state index contributed by atoms with van der Waals surface area (Å²) in [4.78, 5) is 0. The van der Waals surface area contributed by atoms with Gasteiger partial charge in [-0.1, -0.05) is 62.0 Å². The lowest BCUT2D eigenvalue weighted by atomic mass is 10.2. The Morgan fingerprint density at radius 3 is 1.93 bits per heavy atom. The lowest BCUT2D eigenvalue weighted by Crippen LogP contribution is -1.67. The summed E-state index contributed by atoms with van der Waals surface area (Å²) in [5.41, 5.74) is 0. The van der Waals surface area contributed by atoms with Crippen LogP contribution in [0.1, 0.15) is 46.0 Å². The number of allylic oxidation sites excluding steroid dienone is 8. The summed E-state index contributed by atoms with van der Waals surface area (Å²) in [5, 5.41) is 0. The van der Waals surface area contributed by atoms with Crippen molar-refractivity contribution in [2.24, 2.45) is 0 Å². The van der Waals surface area contributed by atoms with Gasteiger partial charge in [0.2, 0.25) is 0 Å². The molecule has 0 saturated carbocycles. The monoisotopic (exact) mass is 204 g/mol. The molecule has 0 saturated heterocycles. The number of unbranched alkanes of at least 4 members (excludes halogenated alkanes) is 3. The molecule has 0 spiro atoms. The summed E-state index contributed by atoms with van der Waals surface area (Å²) >= 11 is 0. The standard InChI is InChI=1S/C15H24/c1-3-5-7-9-11-13-15-14-12-10-8-6-4-2/h3,5,8,10,12-15H,4,6-7,9,11H2,1-2H3. The van der Waals surface area contributed by atoms with Crippen molar-refractivity contribution in [1.82, 2.24) is 0 Å². The second-order valence-electron chi connectivity index (χ2n) is 3.53. The SMILES string of the molecule is CC=CCCCC=CC=CC=CCCC. The molecule has 0 aliphatic rings. The Labute approximate surface area is 95.1 Å². The van der Waals surface area contributed by atoms with E-state index in [1.807, 2.05) is 0 Å². The fourth-order valence-electron chi connectivity index (χ4n) is 1.16. The predicted molar refractivity (Wildman–Crippen MR) is 71.0 cm³/mol. The maximum Gasteiger partial charge on any atom is -0.0345 e. The fourth-order valence-corrected chi connectivity index (χ4v) is 1.16. The Morgan fingerprint density at radius 1 is 0.733 bits per heavy atom. The first-order valence-corrected chi connectivity index (χ1v) is 6.01. The highest BCUT2D eigenvalue weighted by Crippen LogP contribution is 1.98. The van der Waals surface area contributed by atoms with Crippen molar-refractivity contribution in [3.05, 3.63) is 48.6 Å². The highest BCUT2D eigenvalue weighted by atomic mass is 13.8. The van der Waals surface area contributed by atoms with Gasteiger partial charge in [0.05, 0.1) is 0 Å². The first-order valence-electron chi connectivity index (χ1n) is 6.01. The van der Waals surface area contributed by atoms with E-state index >= 15 is 0 Å². The van der Waals surface area contributed by atoms with E-state index in [1.165, 1.54) is 32.1 Å². The highest BCUT2D eigenvalue weighted by molar-refractivity contribution is 5.10. The van der Waals surface area contributed by atoms with Gasteiger partial charge >= 0.3 is 0 Å². The van der Waals surface area contributed by atoms with E-state index in [0.29, 0.717) is 0 Å². The van der Waals surface area contributed by atoms with E-state index in [9.17, 15) is 0 Å². The van der Waals surface area contributed by atoms with Crippen LogP contribution < -0.4 is 0 Å². The summed E-state index contributed by atoms with van der Waals surface area (Å²) in [6.45, 7) is 4.26. The van der Waals surface area contributed by atoms with Crippen LogP contribution in [0.15, 0.2) is 48.6 Å². The molecule has 0 aromatic rings. The molecule has 0 nitrogen and oxygen atoms in total. The van der Waals surface area contributed by atoms with Gasteiger partial charge in [-0.25, -0.2) is 0 Å². The average Bonchev–Trinajstić information content (AvgIpc) is 2.26. The van der Waals surface area contributed by atoms with Crippen molar-refractivity contribution >= 4 is 0 Å². The van der Waals surface area contributed by atoms with Gasteiger partial charge in [0, 0.05) is 0 Å². The van der Waals surface area contributed by atoms with Crippen LogP contribution in [0.25, 0.3) is 0 Å². The lowest BCUT2D eigenvalue weighted by molar-refractivity contribution is 0.867. The minimum absolute atomic E-state index is 1.17. The lowest BCUT2D eigenvalue weighted by Gasteiger charge is -1.87. The molecule has 0 aliphatic carbocycles. The molecule has 0 heteroatoms.